The zero-order chi connectivity index (χ0) is 12.5. The summed E-state index contributed by atoms with van der Waals surface area (Å²) in [5, 5.41) is 10.2. The highest BCUT2D eigenvalue weighted by Gasteiger charge is 2.35. The molecule has 0 saturated carbocycles. The van der Waals surface area contributed by atoms with Crippen LogP contribution in [0.2, 0.25) is 0 Å². The van der Waals surface area contributed by atoms with Gasteiger partial charge in [-0.15, -0.1) is 13.2 Å². The van der Waals surface area contributed by atoms with Crippen molar-refractivity contribution in [1.29, 1.82) is 0 Å². The van der Waals surface area contributed by atoms with Crippen LogP contribution in [0.1, 0.15) is 0 Å². The van der Waals surface area contributed by atoms with E-state index in [1.54, 1.807) is 0 Å². The molecule has 0 aliphatic rings. The van der Waals surface area contributed by atoms with E-state index >= 15 is 0 Å². The van der Waals surface area contributed by atoms with Gasteiger partial charge in [-0.2, -0.15) is 4.39 Å². The van der Waals surface area contributed by atoms with Crippen molar-refractivity contribution in [2.75, 3.05) is 5.73 Å². The van der Waals surface area contributed by atoms with Crippen molar-refractivity contribution < 1.29 is 27.2 Å². The quantitative estimate of drug-likeness (QED) is 0.372. The maximum absolute atomic E-state index is 13.2. The van der Waals surface area contributed by atoms with E-state index in [2.05, 4.69) is 4.74 Å². The summed E-state index contributed by atoms with van der Waals surface area (Å²) >= 11 is 0. The average molecular weight is 240 g/mol. The van der Waals surface area contributed by atoms with Gasteiger partial charge in [0, 0.05) is 6.07 Å². The second kappa shape index (κ2) is 3.83. The highest BCUT2D eigenvalue weighted by Crippen LogP contribution is 2.35. The number of nitrogens with zero attached hydrogens (tertiary/aromatic N) is 1. The van der Waals surface area contributed by atoms with Crippen molar-refractivity contribution in [3.63, 3.8) is 0 Å². The topological polar surface area (TPSA) is 78.4 Å². The molecule has 0 spiro atoms. The van der Waals surface area contributed by atoms with Crippen molar-refractivity contribution in [1.82, 2.24) is 0 Å². The third kappa shape index (κ3) is 2.49. The molecule has 0 unspecified atom stereocenters. The lowest BCUT2D eigenvalue weighted by Gasteiger charge is -2.11. The predicted molar refractivity (Wildman–Crippen MR) is 44.1 cm³/mol. The first-order valence-corrected chi connectivity index (χ1v) is 3.70. The first kappa shape index (κ1) is 12.0. The number of ether oxygens (including phenoxy) is 1. The fourth-order valence-electron chi connectivity index (χ4n) is 0.921. The standard InChI is InChI=1S/C7H4F4N2O3/c8-5-4(13(14)15)2-1-3(12)6(5)16-7(9,10)11/h1-2H,12H2. The van der Waals surface area contributed by atoms with Gasteiger partial charge >= 0.3 is 12.0 Å². The minimum atomic E-state index is -5.18. The van der Waals surface area contributed by atoms with Crippen molar-refractivity contribution in [2.45, 2.75) is 6.36 Å². The van der Waals surface area contributed by atoms with Crippen LogP contribution in [0.5, 0.6) is 5.75 Å². The van der Waals surface area contributed by atoms with Crippen LogP contribution < -0.4 is 10.5 Å². The molecular formula is C7H4F4N2O3. The molecule has 0 aliphatic carbocycles. The minimum absolute atomic E-state index is 0.647. The molecule has 9 heteroatoms. The molecule has 2 N–H and O–H groups in total. The van der Waals surface area contributed by atoms with Gasteiger partial charge < -0.3 is 10.5 Å². The Kier molecular flexibility index (Phi) is 2.88. The fraction of sp³-hybridized carbons (Fsp3) is 0.143. The molecule has 0 aliphatic heterocycles. The molecule has 0 aromatic heterocycles. The Balaban J connectivity index is 3.27. The average Bonchev–Trinajstić information content (AvgIpc) is 2.10. The van der Waals surface area contributed by atoms with Crippen LogP contribution in [0.4, 0.5) is 28.9 Å². The summed E-state index contributed by atoms with van der Waals surface area (Å²) < 4.78 is 51.9. The molecule has 0 heterocycles. The Morgan fingerprint density at radius 3 is 2.38 bits per heavy atom. The van der Waals surface area contributed by atoms with E-state index in [1.165, 1.54) is 0 Å². The van der Waals surface area contributed by atoms with Crippen LogP contribution in [-0.4, -0.2) is 11.3 Å². The van der Waals surface area contributed by atoms with Gasteiger partial charge in [-0.3, -0.25) is 10.1 Å². The summed E-state index contributed by atoms with van der Waals surface area (Å²) in [6, 6.07) is 1.40. The van der Waals surface area contributed by atoms with Crippen LogP contribution in [0.25, 0.3) is 0 Å². The van der Waals surface area contributed by atoms with Gasteiger partial charge in [0.05, 0.1) is 10.6 Å². The lowest BCUT2D eigenvalue weighted by Crippen LogP contribution is -2.19. The molecule has 0 atom stereocenters. The van der Waals surface area contributed by atoms with Gasteiger partial charge in [0.1, 0.15) is 0 Å². The summed E-state index contributed by atoms with van der Waals surface area (Å²) in [5.41, 5.74) is 3.18. The SMILES string of the molecule is Nc1ccc([N+](=O)[O-])c(F)c1OC(F)(F)F. The third-order valence-electron chi connectivity index (χ3n) is 1.52. The number of nitro groups is 1. The number of nitrogens with two attached hydrogens (primary N) is 1. The van der Waals surface area contributed by atoms with Gasteiger partial charge in [-0.25, -0.2) is 0 Å². The van der Waals surface area contributed by atoms with E-state index in [1.807, 2.05) is 0 Å². The maximum atomic E-state index is 13.2. The van der Waals surface area contributed by atoms with Gasteiger partial charge in [-0.1, -0.05) is 0 Å². The fourth-order valence-corrected chi connectivity index (χ4v) is 0.921. The second-order valence-corrected chi connectivity index (χ2v) is 2.62. The third-order valence-corrected chi connectivity index (χ3v) is 1.52. The largest absolute Gasteiger partial charge is 0.573 e. The number of anilines is 1. The lowest BCUT2D eigenvalue weighted by molar-refractivity contribution is -0.387. The van der Waals surface area contributed by atoms with Crippen molar-refractivity contribution in [3.8, 4) is 5.75 Å². The van der Waals surface area contributed by atoms with Crippen LogP contribution in [0.3, 0.4) is 0 Å². The molecule has 1 aromatic rings. The summed E-state index contributed by atoms with van der Waals surface area (Å²) in [7, 11) is 0. The van der Waals surface area contributed by atoms with Crippen molar-refractivity contribution in [3.05, 3.63) is 28.1 Å². The van der Waals surface area contributed by atoms with E-state index < -0.39 is 34.2 Å². The number of alkyl halides is 3. The van der Waals surface area contributed by atoms with E-state index in [9.17, 15) is 27.7 Å². The van der Waals surface area contributed by atoms with Crippen LogP contribution >= 0.6 is 0 Å². The lowest BCUT2D eigenvalue weighted by atomic mass is 10.2. The highest BCUT2D eigenvalue weighted by molar-refractivity contribution is 5.58. The number of nitro benzene ring substituents is 1. The van der Waals surface area contributed by atoms with E-state index in [-0.39, 0.29) is 0 Å². The van der Waals surface area contributed by atoms with Gasteiger partial charge in [-0.05, 0) is 6.07 Å². The highest BCUT2D eigenvalue weighted by atomic mass is 19.4. The molecule has 0 bridgehead atoms. The number of rotatable bonds is 2. The number of hydrogen-bond donors (Lipinski definition) is 1. The maximum Gasteiger partial charge on any atom is 0.573 e. The Morgan fingerprint density at radius 2 is 1.94 bits per heavy atom. The molecule has 88 valence electrons. The van der Waals surface area contributed by atoms with Crippen molar-refractivity contribution in [2.24, 2.45) is 0 Å². The van der Waals surface area contributed by atoms with Gasteiger partial charge in [0.15, 0.2) is 5.75 Å². The Morgan fingerprint density at radius 1 is 1.38 bits per heavy atom. The predicted octanol–water partition coefficient (Wildman–Crippen LogP) is 2.21. The molecule has 0 radical (unpaired) electrons. The first-order valence-electron chi connectivity index (χ1n) is 3.70. The molecule has 0 fully saturated rings. The van der Waals surface area contributed by atoms with Crippen LogP contribution in [0, 0.1) is 15.9 Å². The monoisotopic (exact) mass is 240 g/mol. The van der Waals surface area contributed by atoms with E-state index in [0.29, 0.717) is 6.07 Å². The zero-order valence-corrected chi connectivity index (χ0v) is 7.42. The van der Waals surface area contributed by atoms with Crippen LogP contribution in [-0.2, 0) is 0 Å². The molecule has 1 rings (SSSR count). The van der Waals surface area contributed by atoms with Crippen LogP contribution in [0.15, 0.2) is 12.1 Å². The smallest absolute Gasteiger partial charge is 0.400 e. The molecular weight excluding hydrogens is 236 g/mol. The number of hydrogen-bond acceptors (Lipinski definition) is 4. The molecule has 16 heavy (non-hydrogen) atoms. The summed E-state index contributed by atoms with van der Waals surface area (Å²) in [6.07, 6.45) is -5.18. The second-order valence-electron chi connectivity index (χ2n) is 2.62. The van der Waals surface area contributed by atoms with Gasteiger partial charge in [0.25, 0.3) is 0 Å². The van der Waals surface area contributed by atoms with E-state index in [4.69, 9.17) is 5.73 Å². The van der Waals surface area contributed by atoms with Crippen molar-refractivity contribution >= 4 is 11.4 Å². The first-order chi connectivity index (χ1) is 7.22. The normalized spacial score (nSPS) is 11.2. The number of benzene rings is 1. The summed E-state index contributed by atoms with van der Waals surface area (Å²) in [6.45, 7) is 0. The number of halogens is 4. The Bertz CT molecular complexity index is 432. The minimum Gasteiger partial charge on any atom is -0.400 e. The molecule has 0 saturated heterocycles. The van der Waals surface area contributed by atoms with E-state index in [0.717, 1.165) is 6.07 Å². The molecule has 1 aromatic carbocycles. The Hall–Kier alpha value is -2.06. The summed E-state index contributed by atoms with van der Waals surface area (Å²) in [5.74, 6) is -3.16. The summed E-state index contributed by atoms with van der Waals surface area (Å²) in [4.78, 5) is 9.06. The van der Waals surface area contributed by atoms with Gasteiger partial charge in [0.2, 0.25) is 5.82 Å². The Labute approximate surface area is 85.6 Å². The molecule has 0 amide bonds. The zero-order valence-electron chi connectivity index (χ0n) is 7.42. The molecule has 5 nitrogen and oxygen atoms in total. The number of nitrogen functional groups attached to an aromatic ring is 1.